The van der Waals surface area contributed by atoms with E-state index in [1.165, 1.54) is 29.5 Å². The van der Waals surface area contributed by atoms with Crippen LogP contribution in [0.25, 0.3) is 0 Å². The zero-order valence-electron chi connectivity index (χ0n) is 18.5. The molecule has 0 radical (unpaired) electrons. The van der Waals surface area contributed by atoms with E-state index in [2.05, 4.69) is 54.4 Å². The van der Waals surface area contributed by atoms with Gasteiger partial charge in [0.25, 0.3) is 0 Å². The Morgan fingerprint density at radius 2 is 2.00 bits per heavy atom. The molecule has 1 spiro atoms. The summed E-state index contributed by atoms with van der Waals surface area (Å²) in [4.78, 5) is 2.63. The number of rotatable bonds is 4. The van der Waals surface area contributed by atoms with E-state index in [1.54, 1.807) is 7.11 Å². The molecule has 3 heterocycles. The van der Waals surface area contributed by atoms with Gasteiger partial charge >= 0.3 is 0 Å². The molecule has 7 rings (SSSR count). The quantitative estimate of drug-likeness (QED) is 0.753. The number of fused-ring (bicyclic) bond motifs is 2. The molecule has 6 atom stereocenters. The number of nitrogens with zero attached hydrogens (tertiary/aromatic N) is 1. The van der Waals surface area contributed by atoms with Crippen molar-refractivity contribution in [1.82, 2.24) is 4.90 Å². The molecule has 2 aromatic carbocycles. The van der Waals surface area contributed by atoms with Crippen LogP contribution in [0.5, 0.6) is 11.5 Å². The van der Waals surface area contributed by atoms with Gasteiger partial charge < -0.3 is 19.1 Å². The van der Waals surface area contributed by atoms with Gasteiger partial charge in [0.2, 0.25) is 0 Å². The molecule has 4 nitrogen and oxygen atoms in total. The van der Waals surface area contributed by atoms with Crippen LogP contribution in [0.2, 0.25) is 0 Å². The van der Waals surface area contributed by atoms with Gasteiger partial charge in [0.15, 0.2) is 11.5 Å². The maximum Gasteiger partial charge on any atom is 0.165 e. The Labute approximate surface area is 184 Å². The number of benzene rings is 2. The predicted molar refractivity (Wildman–Crippen MR) is 119 cm³/mol. The lowest BCUT2D eigenvalue weighted by Crippen LogP contribution is -2.74. The summed E-state index contributed by atoms with van der Waals surface area (Å²) in [7, 11) is 4.10. The lowest BCUT2D eigenvalue weighted by atomic mass is 9.45. The normalized spacial score (nSPS) is 39.2. The fourth-order valence-electron chi connectivity index (χ4n) is 7.93. The molecule has 2 aliphatic carbocycles. The van der Waals surface area contributed by atoms with Crippen molar-refractivity contribution in [1.29, 1.82) is 0 Å². The van der Waals surface area contributed by atoms with Crippen molar-refractivity contribution in [3.63, 3.8) is 0 Å². The molecule has 162 valence electrons. The van der Waals surface area contributed by atoms with Crippen LogP contribution in [0.15, 0.2) is 42.5 Å². The van der Waals surface area contributed by atoms with E-state index < -0.39 is 0 Å². The second-order valence-corrected chi connectivity index (χ2v) is 10.6. The lowest BCUT2D eigenvalue weighted by molar-refractivity contribution is -0.279. The number of likely N-dealkylation sites (tertiary alicyclic amines) is 1. The number of methoxy groups -OCH3 is 1. The summed E-state index contributed by atoms with van der Waals surface area (Å²) in [5, 5.41) is 0. The minimum Gasteiger partial charge on any atom is -0.493 e. The summed E-state index contributed by atoms with van der Waals surface area (Å²) in [6.45, 7) is 2.02. The van der Waals surface area contributed by atoms with E-state index in [4.69, 9.17) is 14.2 Å². The first-order valence-corrected chi connectivity index (χ1v) is 11.9. The number of piperidine rings is 1. The van der Waals surface area contributed by atoms with Gasteiger partial charge in [0.05, 0.1) is 13.7 Å². The van der Waals surface area contributed by atoms with Crippen molar-refractivity contribution in [3.8, 4) is 11.5 Å². The van der Waals surface area contributed by atoms with E-state index >= 15 is 0 Å². The first-order valence-electron chi connectivity index (χ1n) is 11.9. The molecule has 0 amide bonds. The molecule has 0 aromatic heterocycles. The van der Waals surface area contributed by atoms with E-state index in [0.29, 0.717) is 12.0 Å². The number of aryl methyl sites for hydroxylation is 1. The highest BCUT2D eigenvalue weighted by Gasteiger charge is 2.73. The summed E-state index contributed by atoms with van der Waals surface area (Å²) < 4.78 is 19.0. The molecule has 0 N–H and O–H groups in total. The second kappa shape index (κ2) is 6.26. The van der Waals surface area contributed by atoms with Crippen molar-refractivity contribution in [2.45, 2.75) is 55.8 Å². The molecule has 31 heavy (non-hydrogen) atoms. The third-order valence-corrected chi connectivity index (χ3v) is 9.45. The molecule has 4 unspecified atom stereocenters. The zero-order chi connectivity index (χ0) is 20.8. The van der Waals surface area contributed by atoms with Crippen LogP contribution in [0.1, 0.15) is 36.0 Å². The van der Waals surface area contributed by atoms with E-state index in [1.807, 2.05) is 0 Å². The minimum absolute atomic E-state index is 0.0932. The lowest BCUT2D eigenvalue weighted by Gasteiger charge is -2.66. The Kier molecular flexibility index (Phi) is 3.74. The summed E-state index contributed by atoms with van der Waals surface area (Å²) in [5.41, 5.74) is 4.71. The van der Waals surface area contributed by atoms with Crippen molar-refractivity contribution < 1.29 is 14.2 Å². The molecular formula is C27H31NO3. The average Bonchev–Trinajstić information content (AvgIpc) is 3.11. The monoisotopic (exact) mass is 417 g/mol. The Hall–Kier alpha value is -2.04. The van der Waals surface area contributed by atoms with Crippen LogP contribution in [0.3, 0.4) is 0 Å². The first-order chi connectivity index (χ1) is 15.2. The summed E-state index contributed by atoms with van der Waals surface area (Å²) in [6, 6.07) is 16.0. The van der Waals surface area contributed by atoms with Crippen LogP contribution in [0, 0.1) is 11.3 Å². The van der Waals surface area contributed by atoms with E-state index in [0.717, 1.165) is 43.9 Å². The third-order valence-electron chi connectivity index (χ3n) is 9.45. The van der Waals surface area contributed by atoms with Gasteiger partial charge in [0, 0.05) is 22.4 Å². The third kappa shape index (κ3) is 2.23. The SMILES string of the molecule is COc1ccc2c3c1OC1[C@H]4OC[C@@]4(CCc4ccccc4)CC4C(C2)N(C)CCC341. The number of ether oxygens (including phenoxy) is 3. The Bertz CT molecular complexity index is 1040. The fourth-order valence-corrected chi connectivity index (χ4v) is 7.93. The highest BCUT2D eigenvalue weighted by atomic mass is 16.6. The van der Waals surface area contributed by atoms with Gasteiger partial charge in [-0.2, -0.15) is 0 Å². The van der Waals surface area contributed by atoms with Crippen molar-refractivity contribution in [3.05, 3.63) is 59.2 Å². The first kappa shape index (κ1) is 18.5. The predicted octanol–water partition coefficient (Wildman–Crippen LogP) is 3.99. The fraction of sp³-hybridized carbons (Fsp3) is 0.556. The Morgan fingerprint density at radius 1 is 1.13 bits per heavy atom. The van der Waals surface area contributed by atoms with Gasteiger partial charge in [0.1, 0.15) is 12.2 Å². The summed E-state index contributed by atoms with van der Waals surface area (Å²) in [6.07, 6.45) is 6.18. The standard InChI is InChI=1S/C27H31NO3/c1-28-13-12-27-19-15-26(11-10-17-6-4-3-5-7-17)16-30-24(26)25(27)31-23-21(29-2)9-8-18(22(23)27)14-20(19)28/h3-9,19-20,24-25H,10-16H2,1-2H3/t19?,20?,24-,25?,26-,27?/m1/s1. The van der Waals surface area contributed by atoms with Crippen LogP contribution in [-0.2, 0) is 23.0 Å². The Balaban J connectivity index is 1.32. The topological polar surface area (TPSA) is 30.9 Å². The maximum absolute atomic E-state index is 6.88. The highest BCUT2D eigenvalue weighted by Crippen LogP contribution is 2.69. The number of likely N-dealkylation sites (N-methyl/N-ethyl adjacent to an activating group) is 1. The number of hydrogen-bond acceptors (Lipinski definition) is 4. The van der Waals surface area contributed by atoms with Crippen LogP contribution in [-0.4, -0.2) is 50.5 Å². The van der Waals surface area contributed by atoms with E-state index in [9.17, 15) is 0 Å². The van der Waals surface area contributed by atoms with Crippen LogP contribution in [0.4, 0.5) is 0 Å². The smallest absolute Gasteiger partial charge is 0.165 e. The highest BCUT2D eigenvalue weighted by molar-refractivity contribution is 5.61. The molecule has 3 aliphatic heterocycles. The van der Waals surface area contributed by atoms with Crippen molar-refractivity contribution in [2.24, 2.45) is 11.3 Å². The largest absolute Gasteiger partial charge is 0.493 e. The van der Waals surface area contributed by atoms with Gasteiger partial charge in [-0.15, -0.1) is 0 Å². The molecule has 2 saturated heterocycles. The Morgan fingerprint density at radius 3 is 2.77 bits per heavy atom. The van der Waals surface area contributed by atoms with Gasteiger partial charge in [-0.3, -0.25) is 0 Å². The summed E-state index contributed by atoms with van der Waals surface area (Å²) in [5.74, 6) is 2.55. The van der Waals surface area contributed by atoms with Gasteiger partial charge in [-0.05, 0) is 68.8 Å². The zero-order valence-corrected chi connectivity index (χ0v) is 18.5. The minimum atomic E-state index is 0.0932. The number of hydrogen-bond donors (Lipinski definition) is 0. The second-order valence-electron chi connectivity index (χ2n) is 10.6. The average molecular weight is 418 g/mol. The molecule has 3 fully saturated rings. The maximum atomic E-state index is 6.88. The van der Waals surface area contributed by atoms with Gasteiger partial charge in [-0.25, -0.2) is 0 Å². The van der Waals surface area contributed by atoms with E-state index in [-0.39, 0.29) is 23.0 Å². The van der Waals surface area contributed by atoms with Gasteiger partial charge in [-0.1, -0.05) is 36.4 Å². The molecule has 2 aromatic rings. The van der Waals surface area contributed by atoms with Crippen LogP contribution < -0.4 is 9.47 Å². The van der Waals surface area contributed by atoms with Crippen molar-refractivity contribution in [2.75, 3.05) is 27.3 Å². The van der Waals surface area contributed by atoms with Crippen LogP contribution >= 0.6 is 0 Å². The van der Waals surface area contributed by atoms with Crippen molar-refractivity contribution >= 4 is 0 Å². The molecule has 1 saturated carbocycles. The summed E-state index contributed by atoms with van der Waals surface area (Å²) >= 11 is 0. The molecule has 4 heteroatoms. The molecular weight excluding hydrogens is 386 g/mol. The molecule has 2 bridgehead atoms. The molecule has 5 aliphatic rings.